The molecule has 1 N–H and O–H groups in total. The maximum absolute atomic E-state index is 5.85. The lowest BCUT2D eigenvalue weighted by Gasteiger charge is -2.05. The Labute approximate surface area is 124 Å². The van der Waals surface area contributed by atoms with Gasteiger partial charge in [0.05, 0.1) is 11.7 Å². The summed E-state index contributed by atoms with van der Waals surface area (Å²) in [5.74, 6) is 1.47. The number of fused-ring (bicyclic) bond motifs is 1. The highest BCUT2D eigenvalue weighted by atomic mass is 16.4. The monoisotopic (exact) mass is 284 g/mol. The van der Waals surface area contributed by atoms with E-state index in [9.17, 15) is 0 Å². The molecule has 0 spiro atoms. The summed E-state index contributed by atoms with van der Waals surface area (Å²) in [6.07, 6.45) is 2.54. The van der Waals surface area contributed by atoms with Crippen molar-refractivity contribution < 1.29 is 4.42 Å². The molecule has 0 fully saturated rings. The highest BCUT2D eigenvalue weighted by molar-refractivity contribution is 5.91. The number of para-hydroxylation sites is 1. The van der Waals surface area contributed by atoms with Gasteiger partial charge < -0.3 is 9.73 Å². The maximum atomic E-state index is 5.85. The van der Waals surface area contributed by atoms with E-state index in [1.165, 1.54) is 0 Å². The summed E-state index contributed by atoms with van der Waals surface area (Å²) in [6, 6.07) is 8.60. The molecule has 0 radical (unpaired) electrons. The lowest BCUT2D eigenvalue weighted by Crippen LogP contribution is -2.24. The van der Waals surface area contributed by atoms with Gasteiger partial charge in [-0.15, -0.1) is 0 Å². The largest absolute Gasteiger partial charge is 0.439 e. The third-order valence-electron chi connectivity index (χ3n) is 3.44. The van der Waals surface area contributed by atoms with E-state index in [0.29, 0.717) is 6.04 Å². The molecule has 5 heteroatoms. The summed E-state index contributed by atoms with van der Waals surface area (Å²) in [6.45, 7) is 5.11. The van der Waals surface area contributed by atoms with Crippen LogP contribution in [-0.4, -0.2) is 27.4 Å². The van der Waals surface area contributed by atoms with E-state index >= 15 is 0 Å². The first kappa shape index (κ1) is 13.8. The van der Waals surface area contributed by atoms with Gasteiger partial charge in [-0.1, -0.05) is 32.0 Å². The topological polar surface area (TPSA) is 55.9 Å². The molecule has 3 aromatic rings. The van der Waals surface area contributed by atoms with Crippen molar-refractivity contribution in [2.75, 3.05) is 6.54 Å². The highest BCUT2D eigenvalue weighted by Gasteiger charge is 2.14. The van der Waals surface area contributed by atoms with E-state index in [4.69, 9.17) is 4.42 Å². The fourth-order valence-electron chi connectivity index (χ4n) is 2.40. The molecule has 0 unspecified atom stereocenters. The van der Waals surface area contributed by atoms with E-state index in [1.54, 1.807) is 6.20 Å². The molecule has 0 aliphatic rings. The number of aromatic nitrogens is 3. The molecule has 0 aliphatic heterocycles. The smallest absolute Gasteiger partial charge is 0.196 e. The Morgan fingerprint density at radius 3 is 2.90 bits per heavy atom. The maximum Gasteiger partial charge on any atom is 0.196 e. The zero-order chi connectivity index (χ0) is 14.8. The van der Waals surface area contributed by atoms with Crippen LogP contribution in [0.1, 0.15) is 19.7 Å². The van der Waals surface area contributed by atoms with Crippen LogP contribution in [0.5, 0.6) is 0 Å². The molecule has 110 valence electrons. The Morgan fingerprint density at radius 2 is 2.10 bits per heavy atom. The fourth-order valence-corrected chi connectivity index (χ4v) is 2.40. The van der Waals surface area contributed by atoms with E-state index in [0.717, 1.165) is 41.2 Å². The van der Waals surface area contributed by atoms with Crippen molar-refractivity contribution in [1.82, 2.24) is 20.1 Å². The first-order chi connectivity index (χ1) is 10.1. The van der Waals surface area contributed by atoms with Crippen LogP contribution in [0, 0.1) is 0 Å². The van der Waals surface area contributed by atoms with Gasteiger partial charge in [0, 0.05) is 31.4 Å². The van der Waals surface area contributed by atoms with Gasteiger partial charge in [-0.25, -0.2) is 4.98 Å². The average molecular weight is 284 g/mol. The zero-order valence-corrected chi connectivity index (χ0v) is 12.6. The third kappa shape index (κ3) is 2.83. The number of benzene rings is 1. The second kappa shape index (κ2) is 5.69. The number of hydrogen-bond acceptors (Lipinski definition) is 4. The minimum Gasteiger partial charge on any atom is -0.439 e. The zero-order valence-electron chi connectivity index (χ0n) is 12.6. The number of nitrogens with zero attached hydrogens (tertiary/aromatic N) is 3. The molecule has 1 aromatic carbocycles. The Bertz CT molecular complexity index is 742. The van der Waals surface area contributed by atoms with Crippen molar-refractivity contribution in [1.29, 1.82) is 0 Å². The number of rotatable bonds is 5. The molecule has 0 bridgehead atoms. The minimum absolute atomic E-state index is 0.471. The fraction of sp³-hybridized carbons (Fsp3) is 0.375. The second-order valence-electron chi connectivity index (χ2n) is 5.47. The molecular formula is C16H20N4O. The van der Waals surface area contributed by atoms with Crippen molar-refractivity contribution in [3.8, 4) is 11.5 Å². The van der Waals surface area contributed by atoms with Crippen LogP contribution in [0.3, 0.4) is 0 Å². The highest BCUT2D eigenvalue weighted by Crippen LogP contribution is 2.27. The molecule has 21 heavy (non-hydrogen) atoms. The van der Waals surface area contributed by atoms with Crippen molar-refractivity contribution in [2.24, 2.45) is 7.05 Å². The summed E-state index contributed by atoms with van der Waals surface area (Å²) in [5, 5.41) is 8.99. The summed E-state index contributed by atoms with van der Waals surface area (Å²) >= 11 is 0. The molecule has 0 atom stereocenters. The molecule has 0 saturated heterocycles. The van der Waals surface area contributed by atoms with Gasteiger partial charge in [-0.05, 0) is 6.07 Å². The van der Waals surface area contributed by atoms with E-state index in [1.807, 2.05) is 23.9 Å². The van der Waals surface area contributed by atoms with E-state index < -0.39 is 0 Å². The van der Waals surface area contributed by atoms with Gasteiger partial charge in [0.2, 0.25) is 0 Å². The molecule has 5 nitrogen and oxygen atoms in total. The Balaban J connectivity index is 1.85. The first-order valence-electron chi connectivity index (χ1n) is 7.25. The van der Waals surface area contributed by atoms with Crippen LogP contribution < -0.4 is 5.32 Å². The van der Waals surface area contributed by atoms with Crippen LogP contribution in [0.2, 0.25) is 0 Å². The number of aryl methyl sites for hydroxylation is 1. The van der Waals surface area contributed by atoms with Crippen molar-refractivity contribution in [3.63, 3.8) is 0 Å². The molecule has 2 heterocycles. The van der Waals surface area contributed by atoms with Crippen molar-refractivity contribution in [3.05, 3.63) is 36.4 Å². The Morgan fingerprint density at radius 1 is 1.29 bits per heavy atom. The number of nitrogens with one attached hydrogen (secondary N) is 1. The predicted molar refractivity (Wildman–Crippen MR) is 83.1 cm³/mol. The molecular weight excluding hydrogens is 264 g/mol. The number of hydrogen-bond donors (Lipinski definition) is 1. The molecule has 0 amide bonds. The molecule has 2 aromatic heterocycles. The van der Waals surface area contributed by atoms with Crippen LogP contribution in [0.25, 0.3) is 22.4 Å². The lowest BCUT2D eigenvalue weighted by molar-refractivity contribution is 0.483. The van der Waals surface area contributed by atoms with Crippen molar-refractivity contribution >= 4 is 10.9 Å². The third-order valence-corrected chi connectivity index (χ3v) is 3.44. The van der Waals surface area contributed by atoms with Gasteiger partial charge >= 0.3 is 0 Å². The Hall–Kier alpha value is -2.14. The first-order valence-corrected chi connectivity index (χ1v) is 7.25. The van der Waals surface area contributed by atoms with Gasteiger partial charge in [0.25, 0.3) is 0 Å². The minimum atomic E-state index is 0.471. The van der Waals surface area contributed by atoms with Crippen LogP contribution in [0.4, 0.5) is 0 Å². The van der Waals surface area contributed by atoms with Crippen LogP contribution >= 0.6 is 0 Å². The van der Waals surface area contributed by atoms with Crippen molar-refractivity contribution in [2.45, 2.75) is 26.3 Å². The van der Waals surface area contributed by atoms with Gasteiger partial charge in [-0.2, -0.15) is 5.10 Å². The molecule has 0 aliphatic carbocycles. The second-order valence-corrected chi connectivity index (χ2v) is 5.47. The summed E-state index contributed by atoms with van der Waals surface area (Å²) in [4.78, 5) is 4.35. The summed E-state index contributed by atoms with van der Waals surface area (Å²) in [7, 11) is 1.94. The van der Waals surface area contributed by atoms with Gasteiger partial charge in [0.1, 0.15) is 5.69 Å². The van der Waals surface area contributed by atoms with Crippen LogP contribution in [-0.2, 0) is 13.5 Å². The molecule has 3 rings (SSSR count). The van der Waals surface area contributed by atoms with Gasteiger partial charge in [0.15, 0.2) is 11.7 Å². The SMILES string of the molecule is CC(C)NCCc1ncc(-c2nn(C)c3ccccc23)o1. The van der Waals surface area contributed by atoms with Crippen LogP contribution in [0.15, 0.2) is 34.9 Å². The van der Waals surface area contributed by atoms with Gasteiger partial charge in [-0.3, -0.25) is 4.68 Å². The normalized spacial score (nSPS) is 11.6. The Kier molecular flexibility index (Phi) is 3.75. The van der Waals surface area contributed by atoms with E-state index in [-0.39, 0.29) is 0 Å². The summed E-state index contributed by atoms with van der Waals surface area (Å²) in [5.41, 5.74) is 1.94. The standard InChI is InChI=1S/C16H20N4O/c1-11(2)17-9-8-15-18-10-14(21-15)16-12-6-4-5-7-13(12)20(3)19-16/h4-7,10-11,17H,8-9H2,1-3H3. The summed E-state index contributed by atoms with van der Waals surface area (Å²) < 4.78 is 7.71. The lowest BCUT2D eigenvalue weighted by atomic mass is 10.2. The average Bonchev–Trinajstić information content (AvgIpc) is 3.04. The quantitative estimate of drug-likeness (QED) is 0.782. The molecule has 0 saturated carbocycles. The number of oxazole rings is 1. The van der Waals surface area contributed by atoms with E-state index in [2.05, 4.69) is 41.4 Å². The predicted octanol–water partition coefficient (Wildman–Crippen LogP) is 2.77.